The Balaban J connectivity index is 0.870. The molecule has 0 spiro atoms. The van der Waals surface area contributed by atoms with E-state index in [1.54, 1.807) is 19.1 Å². The third-order valence-corrected chi connectivity index (χ3v) is 11.3. The molecule has 5 amide bonds. The highest BCUT2D eigenvalue weighted by Gasteiger charge is 2.50. The van der Waals surface area contributed by atoms with Gasteiger partial charge >= 0.3 is 18.3 Å². The number of hydrogen-bond acceptors (Lipinski definition) is 13. The Morgan fingerprint density at radius 3 is 1.79 bits per heavy atom. The van der Waals surface area contributed by atoms with Crippen LogP contribution in [0.1, 0.15) is 76.8 Å². The number of allylic oxidation sites excluding steroid dienone is 4. The average molecular weight is 805 g/mol. The molecule has 18 nitrogen and oxygen atoms in total. The largest absolute Gasteiger partial charge is 0.449 e. The molecule has 2 heterocycles. The zero-order chi connectivity index (χ0) is 40.7. The minimum absolute atomic E-state index is 0.0924. The number of amides is 5. The van der Waals surface area contributed by atoms with E-state index in [4.69, 9.17) is 14.2 Å². The van der Waals surface area contributed by atoms with E-state index in [9.17, 15) is 24.0 Å². The van der Waals surface area contributed by atoms with E-state index in [0.29, 0.717) is 78.2 Å². The minimum atomic E-state index is -0.916. The predicted octanol–water partition coefficient (Wildman–Crippen LogP) is 3.64. The van der Waals surface area contributed by atoms with Gasteiger partial charge in [0.1, 0.15) is 24.1 Å². The third-order valence-electron chi connectivity index (χ3n) is 11.3. The van der Waals surface area contributed by atoms with Crippen LogP contribution in [0.2, 0.25) is 0 Å². The maximum atomic E-state index is 12.7. The van der Waals surface area contributed by atoms with Gasteiger partial charge in [0.15, 0.2) is 5.84 Å². The number of nitrogens with zero attached hydrogens (tertiary/aromatic N) is 3. The van der Waals surface area contributed by atoms with Crippen LogP contribution in [0.15, 0.2) is 52.8 Å². The number of carbonyl (C=O) groups is 5. The van der Waals surface area contributed by atoms with Gasteiger partial charge in [0, 0.05) is 13.1 Å². The molecule has 0 saturated heterocycles. The van der Waals surface area contributed by atoms with Gasteiger partial charge in [0.25, 0.3) is 0 Å². The summed E-state index contributed by atoms with van der Waals surface area (Å²) in [5.41, 5.74) is 6.43. The van der Waals surface area contributed by atoms with Crippen molar-refractivity contribution in [1.29, 1.82) is 0 Å². The topological polar surface area (TPSA) is 235 Å². The number of carbonyl (C=O) groups excluding carboxylic acids is 5. The minimum Gasteiger partial charge on any atom is -0.449 e. The number of ether oxygens (including phenoxy) is 3. The lowest BCUT2D eigenvalue weighted by atomic mass is 10.1. The van der Waals surface area contributed by atoms with E-state index in [1.807, 2.05) is 0 Å². The molecule has 6 atom stereocenters. The predicted molar refractivity (Wildman–Crippen MR) is 214 cm³/mol. The highest BCUT2D eigenvalue weighted by Crippen LogP contribution is 2.53. The molecule has 0 bridgehead atoms. The lowest BCUT2D eigenvalue weighted by molar-refractivity contribution is -0.126. The first-order valence-corrected chi connectivity index (χ1v) is 20.5. The van der Waals surface area contributed by atoms with Crippen LogP contribution in [-0.4, -0.2) is 92.2 Å². The summed E-state index contributed by atoms with van der Waals surface area (Å²) in [7, 11) is 0. The number of alkyl carbamates (subject to hydrolysis) is 3. The summed E-state index contributed by atoms with van der Waals surface area (Å²) in [6.45, 7) is 2.59. The molecule has 2 unspecified atom stereocenters. The SMILES string of the molecule is CC1=NNC(c2ccc(NC(=O)CC(=O)NCCCNC(=O)OC(CNC(=O)OCC3[C@H]4CC/C=C/CC[C@@H]34)CNC(=O)OCC3[C@H]4CC/C=C/CC[C@@H]34)cn2)=NN1. The van der Waals surface area contributed by atoms with E-state index in [2.05, 4.69) is 76.9 Å². The number of aromatic nitrogens is 1. The smallest absolute Gasteiger partial charge is 0.407 e. The number of anilines is 1. The quantitative estimate of drug-likeness (QED) is 0.0520. The molecule has 2 saturated carbocycles. The number of amidine groups is 2. The summed E-state index contributed by atoms with van der Waals surface area (Å²) in [6, 6.07) is 3.28. The number of hydrazone groups is 2. The fourth-order valence-electron chi connectivity index (χ4n) is 8.04. The lowest BCUT2D eigenvalue weighted by Crippen LogP contribution is -2.44. The van der Waals surface area contributed by atoms with Gasteiger partial charge in [-0.15, -0.1) is 0 Å². The van der Waals surface area contributed by atoms with Crippen molar-refractivity contribution in [2.45, 2.75) is 77.2 Å². The fourth-order valence-corrected chi connectivity index (χ4v) is 8.04. The van der Waals surface area contributed by atoms with Gasteiger partial charge in [0.2, 0.25) is 11.8 Å². The molecule has 314 valence electrons. The van der Waals surface area contributed by atoms with Gasteiger partial charge < -0.3 is 40.8 Å². The first-order valence-electron chi connectivity index (χ1n) is 20.5. The van der Waals surface area contributed by atoms with Crippen LogP contribution in [0, 0.1) is 35.5 Å². The molecule has 1 aliphatic heterocycles. The van der Waals surface area contributed by atoms with Crippen molar-refractivity contribution in [3.05, 3.63) is 48.3 Å². The molecule has 0 radical (unpaired) electrons. The van der Waals surface area contributed by atoms with Gasteiger partial charge in [-0.25, -0.2) is 14.4 Å². The van der Waals surface area contributed by atoms with Gasteiger partial charge in [-0.3, -0.25) is 25.4 Å². The summed E-state index contributed by atoms with van der Waals surface area (Å²) < 4.78 is 16.6. The first-order chi connectivity index (χ1) is 28.2. The molecule has 58 heavy (non-hydrogen) atoms. The lowest BCUT2D eigenvalue weighted by Gasteiger charge is -2.19. The van der Waals surface area contributed by atoms with Crippen molar-refractivity contribution in [3.63, 3.8) is 0 Å². The summed E-state index contributed by atoms with van der Waals surface area (Å²) in [5, 5.41) is 21.4. The van der Waals surface area contributed by atoms with Crippen molar-refractivity contribution in [2.75, 3.05) is 44.7 Å². The highest BCUT2D eigenvalue weighted by molar-refractivity contribution is 6.04. The van der Waals surface area contributed by atoms with Crippen molar-refractivity contribution in [2.24, 2.45) is 45.7 Å². The monoisotopic (exact) mass is 804 g/mol. The maximum Gasteiger partial charge on any atom is 0.407 e. The Hall–Kier alpha value is -5.68. The molecule has 4 aliphatic carbocycles. The van der Waals surface area contributed by atoms with E-state index < -0.39 is 42.6 Å². The molecule has 0 aromatic carbocycles. The molecular formula is C40H56N10O8. The second-order valence-corrected chi connectivity index (χ2v) is 15.4. The fraction of sp³-hybridized carbons (Fsp3) is 0.600. The zero-order valence-corrected chi connectivity index (χ0v) is 33.0. The highest BCUT2D eigenvalue weighted by atomic mass is 16.6. The van der Waals surface area contributed by atoms with E-state index >= 15 is 0 Å². The third kappa shape index (κ3) is 13.2. The van der Waals surface area contributed by atoms with Gasteiger partial charge in [-0.05, 0) is 112 Å². The van der Waals surface area contributed by atoms with Crippen LogP contribution in [0.5, 0.6) is 0 Å². The van der Waals surface area contributed by atoms with Crippen LogP contribution in [0.25, 0.3) is 0 Å². The molecule has 6 rings (SSSR count). The first kappa shape index (κ1) is 41.9. The number of fused-ring (bicyclic) bond motifs is 2. The van der Waals surface area contributed by atoms with Crippen molar-refractivity contribution in [1.82, 2.24) is 37.1 Å². The van der Waals surface area contributed by atoms with Crippen LogP contribution >= 0.6 is 0 Å². The van der Waals surface area contributed by atoms with Gasteiger partial charge in [0.05, 0.1) is 38.2 Å². The molecule has 18 heteroatoms. The molecule has 7 N–H and O–H groups in total. The van der Waals surface area contributed by atoms with E-state index in [-0.39, 0.29) is 26.2 Å². The number of pyridine rings is 1. The van der Waals surface area contributed by atoms with Crippen LogP contribution in [0.3, 0.4) is 0 Å². The zero-order valence-electron chi connectivity index (χ0n) is 33.0. The van der Waals surface area contributed by atoms with E-state index in [0.717, 1.165) is 51.4 Å². The Morgan fingerprint density at radius 1 is 0.707 bits per heavy atom. The summed E-state index contributed by atoms with van der Waals surface area (Å²) in [5.74, 6) is 3.06. The number of nitrogens with one attached hydrogen (secondary N) is 7. The molecule has 1 aromatic heterocycles. The van der Waals surface area contributed by atoms with Crippen molar-refractivity contribution < 1.29 is 38.2 Å². The van der Waals surface area contributed by atoms with Crippen LogP contribution in [-0.2, 0) is 23.8 Å². The van der Waals surface area contributed by atoms with Crippen LogP contribution < -0.4 is 37.4 Å². The van der Waals surface area contributed by atoms with Gasteiger partial charge in [-0.2, -0.15) is 10.2 Å². The standard InChI is InChI=1S/C40H56N10O8/c1-25-47-49-37(50-48-25)34-16-15-26(20-43-34)46-36(52)19-35(51)41-17-10-18-42-40(55)58-27(21-44-38(53)56-23-32-28-11-6-2-3-7-12-29(28)32)22-45-39(54)57-24-33-30-13-8-4-5-9-14-31(30)33/h2-5,15-16,20,27-33H,6-14,17-19,21-24H2,1H3,(H,41,51)(H,42,55)(H,44,53)(H,45,54)(H,46,52)(H,47,48)(H,49,50)/b3-2+,5-4+/t27?,28-,29+,30-,31+,32?,33?. The Morgan fingerprint density at radius 2 is 1.28 bits per heavy atom. The van der Waals surface area contributed by atoms with Crippen molar-refractivity contribution >= 4 is 47.5 Å². The summed E-state index contributed by atoms with van der Waals surface area (Å²) >= 11 is 0. The average Bonchev–Trinajstić information content (AvgIpc) is 4.06. The van der Waals surface area contributed by atoms with Gasteiger partial charge in [-0.1, -0.05) is 24.3 Å². The van der Waals surface area contributed by atoms with Crippen LogP contribution in [0.4, 0.5) is 20.1 Å². The Labute approximate surface area is 338 Å². The molecule has 5 aliphatic rings. The molecule has 2 fully saturated rings. The Bertz CT molecular complexity index is 1640. The van der Waals surface area contributed by atoms with E-state index in [1.165, 1.54) is 6.20 Å². The second-order valence-electron chi connectivity index (χ2n) is 15.4. The molecular weight excluding hydrogens is 749 g/mol. The summed E-state index contributed by atoms with van der Waals surface area (Å²) in [4.78, 5) is 67.0. The number of rotatable bonds is 17. The van der Waals surface area contributed by atoms with Crippen molar-refractivity contribution in [3.8, 4) is 0 Å². The Kier molecular flexibility index (Phi) is 15.3. The number of hydrogen-bond donors (Lipinski definition) is 7. The normalized spacial score (nSPS) is 25.7. The second kappa shape index (κ2) is 21.2. The summed E-state index contributed by atoms with van der Waals surface area (Å²) in [6.07, 6.45) is 16.0. The molecule has 1 aromatic rings. The maximum absolute atomic E-state index is 12.7.